The molecule has 0 bridgehead atoms. The van der Waals surface area contributed by atoms with Gasteiger partial charge in [0.2, 0.25) is 11.8 Å². The van der Waals surface area contributed by atoms with Crippen LogP contribution in [0.4, 0.5) is 5.82 Å². The molecular formula is C16H27N5O2. The lowest BCUT2D eigenvalue weighted by atomic mass is 9.86. The van der Waals surface area contributed by atoms with Crippen molar-refractivity contribution in [2.45, 2.75) is 38.6 Å². The Hall–Kier alpha value is -2.05. The number of nitrogens with one attached hydrogen (secondary N) is 2. The van der Waals surface area contributed by atoms with Crippen molar-refractivity contribution in [2.75, 3.05) is 25.5 Å². The minimum Gasteiger partial charge on any atom is -0.357 e. The summed E-state index contributed by atoms with van der Waals surface area (Å²) in [5, 5.41) is 10.2. The van der Waals surface area contributed by atoms with Crippen LogP contribution in [-0.4, -0.2) is 52.2 Å². The zero-order chi connectivity index (χ0) is 17.0. The Morgan fingerprint density at radius 3 is 2.48 bits per heavy atom. The highest BCUT2D eigenvalue weighted by atomic mass is 16.2. The van der Waals surface area contributed by atoms with E-state index in [-0.39, 0.29) is 11.8 Å². The van der Waals surface area contributed by atoms with Crippen LogP contribution in [0, 0.1) is 5.92 Å². The fourth-order valence-electron chi connectivity index (χ4n) is 3.01. The van der Waals surface area contributed by atoms with Gasteiger partial charge in [0, 0.05) is 39.7 Å². The number of hydrogen-bond donors (Lipinski definition) is 2. The van der Waals surface area contributed by atoms with Gasteiger partial charge in [0.25, 0.3) is 0 Å². The molecule has 7 nitrogen and oxygen atoms in total. The molecule has 1 fully saturated rings. The van der Waals surface area contributed by atoms with Gasteiger partial charge in [-0.05, 0) is 18.8 Å². The Morgan fingerprint density at radius 1 is 1.35 bits per heavy atom. The van der Waals surface area contributed by atoms with Crippen LogP contribution in [-0.2, 0) is 16.6 Å². The number of carbonyl (C=O) groups excluding carboxylic acids is 2. The van der Waals surface area contributed by atoms with E-state index < -0.39 is 5.54 Å². The monoisotopic (exact) mass is 321 g/mol. The van der Waals surface area contributed by atoms with Crippen molar-refractivity contribution < 1.29 is 9.59 Å². The van der Waals surface area contributed by atoms with Crippen LogP contribution in [0.5, 0.6) is 0 Å². The lowest BCUT2D eigenvalue weighted by Gasteiger charge is -2.41. The van der Waals surface area contributed by atoms with Gasteiger partial charge >= 0.3 is 0 Å². The predicted octanol–water partition coefficient (Wildman–Crippen LogP) is 0.985. The van der Waals surface area contributed by atoms with Crippen LogP contribution in [0.1, 0.15) is 33.1 Å². The zero-order valence-electron chi connectivity index (χ0n) is 14.4. The third-order valence-corrected chi connectivity index (χ3v) is 4.40. The third-order valence-electron chi connectivity index (χ3n) is 4.40. The maximum Gasteiger partial charge on any atom is 0.245 e. The molecule has 0 saturated carbocycles. The van der Waals surface area contributed by atoms with Gasteiger partial charge in [-0.2, -0.15) is 5.10 Å². The van der Waals surface area contributed by atoms with Crippen molar-refractivity contribution in [3.05, 3.63) is 12.3 Å². The lowest BCUT2D eigenvalue weighted by molar-refractivity contribution is -0.136. The molecule has 0 spiro atoms. The molecule has 1 saturated heterocycles. The number of aryl methyl sites for hydroxylation is 1. The number of amides is 2. The highest BCUT2D eigenvalue weighted by Crippen LogP contribution is 2.28. The van der Waals surface area contributed by atoms with Gasteiger partial charge in [-0.3, -0.25) is 14.3 Å². The normalized spacial score (nSPS) is 17.2. The average molecular weight is 321 g/mol. The summed E-state index contributed by atoms with van der Waals surface area (Å²) in [4.78, 5) is 26.6. The molecule has 2 rings (SSSR count). The van der Waals surface area contributed by atoms with E-state index in [4.69, 9.17) is 0 Å². The molecule has 2 heterocycles. The Balaban J connectivity index is 2.09. The Labute approximate surface area is 137 Å². The van der Waals surface area contributed by atoms with E-state index in [0.29, 0.717) is 38.3 Å². The Bertz CT molecular complexity index is 559. The Morgan fingerprint density at radius 2 is 2.00 bits per heavy atom. The summed E-state index contributed by atoms with van der Waals surface area (Å²) in [5.41, 5.74) is -0.697. The second kappa shape index (κ2) is 7.02. The maximum atomic E-state index is 12.5. The minimum atomic E-state index is -0.697. The van der Waals surface area contributed by atoms with Crippen LogP contribution < -0.4 is 10.6 Å². The standard InChI is InChI=1S/C16H27N5O2/c1-12(2)11-14(22)21-9-6-16(7-10-21,15(23)17-3)19-13-5-8-18-20(13)4/h5,8,12,19H,6-7,9-11H2,1-4H3,(H,17,23). The first kappa shape index (κ1) is 17.3. The summed E-state index contributed by atoms with van der Waals surface area (Å²) in [6.07, 6.45) is 3.42. The zero-order valence-corrected chi connectivity index (χ0v) is 14.4. The number of rotatable bonds is 5. The summed E-state index contributed by atoms with van der Waals surface area (Å²) in [6, 6.07) is 1.85. The summed E-state index contributed by atoms with van der Waals surface area (Å²) in [5.74, 6) is 1.27. The van der Waals surface area contributed by atoms with E-state index in [1.54, 1.807) is 17.9 Å². The number of carbonyl (C=O) groups is 2. The molecule has 1 aromatic heterocycles. The number of likely N-dealkylation sites (tertiary alicyclic amines) is 1. The van der Waals surface area contributed by atoms with Crippen LogP contribution in [0.15, 0.2) is 12.3 Å². The van der Waals surface area contributed by atoms with Gasteiger partial charge < -0.3 is 15.5 Å². The molecule has 0 aromatic carbocycles. The van der Waals surface area contributed by atoms with Crippen molar-refractivity contribution >= 4 is 17.6 Å². The van der Waals surface area contributed by atoms with Crippen LogP contribution in [0.2, 0.25) is 0 Å². The van der Waals surface area contributed by atoms with E-state index in [2.05, 4.69) is 15.7 Å². The second-order valence-corrected chi connectivity index (χ2v) is 6.61. The fraction of sp³-hybridized carbons (Fsp3) is 0.688. The predicted molar refractivity (Wildman–Crippen MR) is 88.9 cm³/mol. The maximum absolute atomic E-state index is 12.5. The Kier molecular flexibility index (Phi) is 5.28. The van der Waals surface area contributed by atoms with Crippen molar-refractivity contribution in [2.24, 2.45) is 13.0 Å². The van der Waals surface area contributed by atoms with Crippen molar-refractivity contribution in [1.82, 2.24) is 20.0 Å². The minimum absolute atomic E-state index is 0.0466. The summed E-state index contributed by atoms with van der Waals surface area (Å²) in [7, 11) is 3.48. The summed E-state index contributed by atoms with van der Waals surface area (Å²) in [6.45, 7) is 5.26. The molecule has 23 heavy (non-hydrogen) atoms. The van der Waals surface area contributed by atoms with Crippen LogP contribution in [0.25, 0.3) is 0 Å². The molecule has 0 radical (unpaired) electrons. The highest BCUT2D eigenvalue weighted by molar-refractivity contribution is 5.89. The fourth-order valence-corrected chi connectivity index (χ4v) is 3.01. The number of piperidine rings is 1. The lowest BCUT2D eigenvalue weighted by Crippen LogP contribution is -2.58. The molecule has 1 aliphatic rings. The van der Waals surface area contributed by atoms with Gasteiger partial charge in [-0.15, -0.1) is 0 Å². The van der Waals surface area contributed by atoms with Gasteiger partial charge in [0.1, 0.15) is 11.4 Å². The van der Waals surface area contributed by atoms with Crippen molar-refractivity contribution in [3.8, 4) is 0 Å². The van der Waals surface area contributed by atoms with E-state index in [9.17, 15) is 9.59 Å². The number of aromatic nitrogens is 2. The largest absolute Gasteiger partial charge is 0.357 e. The summed E-state index contributed by atoms with van der Waals surface area (Å²) < 4.78 is 1.71. The van der Waals surface area contributed by atoms with Gasteiger partial charge in [-0.25, -0.2) is 0 Å². The van der Waals surface area contributed by atoms with Crippen LogP contribution in [0.3, 0.4) is 0 Å². The first-order valence-corrected chi connectivity index (χ1v) is 8.14. The second-order valence-electron chi connectivity index (χ2n) is 6.61. The topological polar surface area (TPSA) is 79.3 Å². The molecule has 0 unspecified atom stereocenters. The molecule has 1 aromatic rings. The highest BCUT2D eigenvalue weighted by Gasteiger charge is 2.42. The van der Waals surface area contributed by atoms with E-state index in [0.717, 1.165) is 5.82 Å². The van der Waals surface area contributed by atoms with Gasteiger partial charge in [0.05, 0.1) is 6.20 Å². The van der Waals surface area contributed by atoms with Gasteiger partial charge in [0.15, 0.2) is 0 Å². The molecule has 128 valence electrons. The SMILES string of the molecule is CNC(=O)C1(Nc2ccnn2C)CCN(C(=O)CC(C)C)CC1. The third kappa shape index (κ3) is 3.83. The van der Waals surface area contributed by atoms with Crippen LogP contribution >= 0.6 is 0 Å². The number of anilines is 1. The molecule has 7 heteroatoms. The first-order valence-electron chi connectivity index (χ1n) is 8.14. The number of hydrogen-bond acceptors (Lipinski definition) is 4. The molecule has 2 N–H and O–H groups in total. The van der Waals surface area contributed by atoms with E-state index in [1.807, 2.05) is 31.9 Å². The smallest absolute Gasteiger partial charge is 0.245 e. The van der Waals surface area contributed by atoms with E-state index >= 15 is 0 Å². The number of likely N-dealkylation sites (N-methyl/N-ethyl adjacent to an activating group) is 1. The van der Waals surface area contributed by atoms with E-state index in [1.165, 1.54) is 0 Å². The quantitative estimate of drug-likeness (QED) is 0.847. The van der Waals surface area contributed by atoms with Crippen molar-refractivity contribution in [3.63, 3.8) is 0 Å². The summed E-state index contributed by atoms with van der Waals surface area (Å²) >= 11 is 0. The molecule has 0 aliphatic carbocycles. The van der Waals surface area contributed by atoms with Gasteiger partial charge in [-0.1, -0.05) is 13.8 Å². The molecule has 1 aliphatic heterocycles. The number of nitrogens with zero attached hydrogens (tertiary/aromatic N) is 3. The average Bonchev–Trinajstić information content (AvgIpc) is 2.91. The molecular weight excluding hydrogens is 294 g/mol. The molecule has 0 atom stereocenters. The van der Waals surface area contributed by atoms with Crippen molar-refractivity contribution in [1.29, 1.82) is 0 Å². The first-order chi connectivity index (χ1) is 10.9. The molecule has 2 amide bonds.